The van der Waals surface area contributed by atoms with Crippen LogP contribution in [0.4, 0.5) is 5.69 Å². The maximum atomic E-state index is 11.7. The van der Waals surface area contributed by atoms with Gasteiger partial charge in [-0.25, -0.2) is 13.1 Å². The first-order valence-electron chi connectivity index (χ1n) is 6.10. The van der Waals surface area contributed by atoms with E-state index in [2.05, 4.69) is 20.7 Å². The third-order valence-electron chi connectivity index (χ3n) is 2.93. The van der Waals surface area contributed by atoms with Crippen LogP contribution in [0.25, 0.3) is 0 Å². The second-order valence-electron chi connectivity index (χ2n) is 4.42. The molecule has 0 saturated carbocycles. The van der Waals surface area contributed by atoms with Gasteiger partial charge in [-0.1, -0.05) is 22.0 Å². The van der Waals surface area contributed by atoms with E-state index in [-0.39, 0.29) is 10.6 Å². The first-order valence-corrected chi connectivity index (χ1v) is 8.38. The maximum Gasteiger partial charge on any atom is 0.240 e. The Morgan fingerprint density at radius 1 is 1.14 bits per heavy atom. The molecule has 0 aliphatic heterocycles. The highest BCUT2D eigenvalue weighted by atomic mass is 79.9. The molecule has 7 heteroatoms. The second-order valence-corrected chi connectivity index (χ2v) is 7.22. The van der Waals surface area contributed by atoms with E-state index < -0.39 is 10.0 Å². The lowest BCUT2D eigenvalue weighted by molar-refractivity contribution is 0.480. The van der Waals surface area contributed by atoms with Crippen LogP contribution < -0.4 is 15.2 Å². The van der Waals surface area contributed by atoms with Crippen LogP contribution in [0.1, 0.15) is 5.56 Å². The van der Waals surface area contributed by atoms with Crippen molar-refractivity contribution >= 4 is 31.6 Å². The molecule has 0 amide bonds. The normalized spacial score (nSPS) is 11.4. The summed E-state index contributed by atoms with van der Waals surface area (Å²) < 4.78 is 32.3. The lowest BCUT2D eigenvalue weighted by Gasteiger charge is -2.12. The van der Waals surface area contributed by atoms with Gasteiger partial charge in [-0.05, 0) is 49.9 Å². The third kappa shape index (κ3) is 3.55. The molecule has 0 radical (unpaired) electrons. The number of nitrogens with one attached hydrogen (secondary N) is 1. The summed E-state index contributed by atoms with van der Waals surface area (Å²) in [7, 11) is -2.17. The van der Waals surface area contributed by atoms with E-state index in [0.717, 1.165) is 10.0 Å². The van der Waals surface area contributed by atoms with Gasteiger partial charge in [-0.2, -0.15) is 0 Å². The molecule has 0 atom stereocenters. The molecule has 0 bridgehead atoms. The highest BCUT2D eigenvalue weighted by Gasteiger charge is 2.14. The lowest BCUT2D eigenvalue weighted by Crippen LogP contribution is -2.18. The van der Waals surface area contributed by atoms with Crippen molar-refractivity contribution < 1.29 is 13.2 Å². The highest BCUT2D eigenvalue weighted by molar-refractivity contribution is 9.10. The molecule has 0 aliphatic rings. The van der Waals surface area contributed by atoms with Crippen LogP contribution in [-0.2, 0) is 10.0 Å². The predicted molar refractivity (Wildman–Crippen MR) is 86.1 cm³/mol. The molecule has 0 unspecified atom stereocenters. The Hall–Kier alpha value is -1.57. The summed E-state index contributed by atoms with van der Waals surface area (Å²) in [6.07, 6.45) is 0. The summed E-state index contributed by atoms with van der Waals surface area (Å²) in [4.78, 5) is 0.0980. The number of hydrogen-bond acceptors (Lipinski definition) is 4. The quantitative estimate of drug-likeness (QED) is 0.810. The molecule has 0 aliphatic carbocycles. The van der Waals surface area contributed by atoms with E-state index in [9.17, 15) is 8.42 Å². The highest BCUT2D eigenvalue weighted by Crippen LogP contribution is 2.32. The standard InChI is InChI=1S/C14H15BrN2O3S/c1-9-3-4-10(15)7-14(9)20-13-6-5-11(8-12(13)16)21(18,19)17-2/h3-8,17H,16H2,1-2H3. The van der Waals surface area contributed by atoms with E-state index in [0.29, 0.717) is 11.5 Å². The summed E-state index contributed by atoms with van der Waals surface area (Å²) in [5.74, 6) is 1.06. The van der Waals surface area contributed by atoms with Gasteiger partial charge in [0.1, 0.15) is 11.5 Å². The fraction of sp³-hybridized carbons (Fsp3) is 0.143. The number of rotatable bonds is 4. The third-order valence-corrected chi connectivity index (χ3v) is 4.84. The van der Waals surface area contributed by atoms with Crippen molar-refractivity contribution in [2.45, 2.75) is 11.8 Å². The monoisotopic (exact) mass is 370 g/mol. The first-order chi connectivity index (χ1) is 9.83. The van der Waals surface area contributed by atoms with Gasteiger partial charge in [-0.15, -0.1) is 0 Å². The van der Waals surface area contributed by atoms with E-state index in [1.165, 1.54) is 19.2 Å². The SMILES string of the molecule is CNS(=O)(=O)c1ccc(Oc2cc(Br)ccc2C)c(N)c1. The minimum Gasteiger partial charge on any atom is -0.455 e. The average Bonchev–Trinajstić information content (AvgIpc) is 2.44. The Morgan fingerprint density at radius 3 is 2.48 bits per heavy atom. The summed E-state index contributed by atoms with van der Waals surface area (Å²) in [6.45, 7) is 1.91. The molecule has 3 N–H and O–H groups in total. The molecule has 0 spiro atoms. The summed E-state index contributed by atoms with van der Waals surface area (Å²) >= 11 is 3.38. The number of aryl methyl sites for hydroxylation is 1. The maximum absolute atomic E-state index is 11.7. The van der Waals surface area contributed by atoms with E-state index in [1.54, 1.807) is 6.07 Å². The smallest absolute Gasteiger partial charge is 0.240 e. The Kier molecular flexibility index (Phi) is 4.55. The molecule has 0 aromatic heterocycles. The van der Waals surface area contributed by atoms with E-state index >= 15 is 0 Å². The molecule has 2 rings (SSSR count). The number of anilines is 1. The molecule has 0 fully saturated rings. The van der Waals surface area contributed by atoms with Crippen molar-refractivity contribution in [3.8, 4) is 11.5 Å². The van der Waals surface area contributed by atoms with Crippen LogP contribution in [0.15, 0.2) is 45.8 Å². The van der Waals surface area contributed by atoms with E-state index in [1.807, 2.05) is 25.1 Å². The van der Waals surface area contributed by atoms with Gasteiger partial charge < -0.3 is 10.5 Å². The second kappa shape index (κ2) is 6.05. The Labute approximate surface area is 132 Å². The fourth-order valence-corrected chi connectivity index (χ4v) is 2.81. The summed E-state index contributed by atoms with van der Waals surface area (Å²) in [5, 5.41) is 0. The van der Waals surface area contributed by atoms with Crippen molar-refractivity contribution in [1.82, 2.24) is 4.72 Å². The number of hydrogen-bond donors (Lipinski definition) is 2. The minimum atomic E-state index is -3.52. The van der Waals surface area contributed by atoms with Crippen LogP contribution in [0.3, 0.4) is 0 Å². The average molecular weight is 371 g/mol. The number of sulfonamides is 1. The fourth-order valence-electron chi connectivity index (χ4n) is 1.71. The zero-order valence-electron chi connectivity index (χ0n) is 11.6. The molecule has 0 heterocycles. The molecule has 2 aromatic rings. The van der Waals surface area contributed by atoms with Crippen molar-refractivity contribution in [2.24, 2.45) is 0 Å². The van der Waals surface area contributed by atoms with Crippen LogP contribution in [-0.4, -0.2) is 15.5 Å². The predicted octanol–water partition coefficient (Wildman–Crippen LogP) is 3.04. The van der Waals surface area contributed by atoms with Gasteiger partial charge in [0, 0.05) is 4.47 Å². The van der Waals surface area contributed by atoms with Crippen molar-refractivity contribution in [3.63, 3.8) is 0 Å². The van der Waals surface area contributed by atoms with Crippen molar-refractivity contribution in [3.05, 3.63) is 46.4 Å². The number of benzene rings is 2. The number of nitrogen functional groups attached to an aromatic ring is 1. The lowest BCUT2D eigenvalue weighted by atomic mass is 10.2. The summed E-state index contributed by atoms with van der Waals surface area (Å²) in [6, 6.07) is 10.0. The van der Waals surface area contributed by atoms with Gasteiger partial charge in [0.15, 0.2) is 0 Å². The first kappa shape index (κ1) is 15.8. The van der Waals surface area contributed by atoms with E-state index in [4.69, 9.17) is 10.5 Å². The largest absolute Gasteiger partial charge is 0.455 e. The zero-order valence-corrected chi connectivity index (χ0v) is 14.0. The number of ether oxygens (including phenoxy) is 1. The Balaban J connectivity index is 2.36. The van der Waals surface area contributed by atoms with Crippen molar-refractivity contribution in [2.75, 3.05) is 12.8 Å². The molecule has 5 nitrogen and oxygen atoms in total. The minimum absolute atomic E-state index is 0.0980. The topological polar surface area (TPSA) is 81.4 Å². The Bertz CT molecular complexity index is 776. The zero-order chi connectivity index (χ0) is 15.6. The van der Waals surface area contributed by atoms with Gasteiger partial charge in [0.2, 0.25) is 10.0 Å². The van der Waals surface area contributed by atoms with Crippen molar-refractivity contribution in [1.29, 1.82) is 0 Å². The Morgan fingerprint density at radius 2 is 1.86 bits per heavy atom. The molecular formula is C14H15BrN2O3S. The molecule has 2 aromatic carbocycles. The number of nitrogens with two attached hydrogens (primary N) is 1. The number of halogens is 1. The molecule has 112 valence electrons. The van der Waals surface area contributed by atoms with Crippen LogP contribution >= 0.6 is 15.9 Å². The summed E-state index contributed by atoms with van der Waals surface area (Å²) in [5.41, 5.74) is 7.08. The van der Waals surface area contributed by atoms with Crippen LogP contribution in [0.5, 0.6) is 11.5 Å². The van der Waals surface area contributed by atoms with Gasteiger partial charge in [0.05, 0.1) is 10.6 Å². The van der Waals surface area contributed by atoms with Gasteiger partial charge >= 0.3 is 0 Å². The van der Waals surface area contributed by atoms with Gasteiger partial charge in [0.25, 0.3) is 0 Å². The molecule has 0 saturated heterocycles. The molecular weight excluding hydrogens is 356 g/mol. The van der Waals surface area contributed by atoms with Crippen LogP contribution in [0.2, 0.25) is 0 Å². The van der Waals surface area contributed by atoms with Crippen LogP contribution in [0, 0.1) is 6.92 Å². The van der Waals surface area contributed by atoms with Gasteiger partial charge in [-0.3, -0.25) is 0 Å². The molecule has 21 heavy (non-hydrogen) atoms.